The minimum atomic E-state index is 0.0254. The van der Waals surface area contributed by atoms with Crippen LogP contribution < -0.4 is 11.1 Å². The number of halogens is 1. The maximum atomic E-state index is 11.9. The number of rotatable bonds is 4. The first-order chi connectivity index (χ1) is 8.13. The molecular formula is C13H17ClN2O. The van der Waals surface area contributed by atoms with Crippen LogP contribution in [0, 0.1) is 5.41 Å². The number of nitrogens with two attached hydrogens (primary N) is 1. The van der Waals surface area contributed by atoms with E-state index in [2.05, 4.69) is 5.32 Å². The Hall–Kier alpha value is -1.06. The zero-order valence-corrected chi connectivity index (χ0v) is 10.5. The van der Waals surface area contributed by atoms with Gasteiger partial charge in [0, 0.05) is 17.1 Å². The van der Waals surface area contributed by atoms with Crippen LogP contribution in [0.5, 0.6) is 0 Å². The first kappa shape index (κ1) is 12.4. The Morgan fingerprint density at radius 2 is 2.24 bits per heavy atom. The fourth-order valence-corrected chi connectivity index (χ4v) is 2.43. The summed E-state index contributed by atoms with van der Waals surface area (Å²) >= 11 is 5.86. The van der Waals surface area contributed by atoms with Crippen molar-refractivity contribution in [1.29, 1.82) is 0 Å². The van der Waals surface area contributed by atoms with E-state index in [9.17, 15) is 4.79 Å². The van der Waals surface area contributed by atoms with E-state index in [-0.39, 0.29) is 11.3 Å². The Labute approximate surface area is 106 Å². The predicted octanol–water partition coefficient (Wildman–Crippen LogP) is 2.80. The Morgan fingerprint density at radius 3 is 2.76 bits per heavy atom. The monoisotopic (exact) mass is 252 g/mol. The SMILES string of the molecule is NCC1(CC(=O)Nc2cccc(Cl)c2)CCC1. The van der Waals surface area contributed by atoms with Crippen molar-refractivity contribution < 1.29 is 4.79 Å². The molecule has 1 amide bonds. The average molecular weight is 253 g/mol. The summed E-state index contributed by atoms with van der Waals surface area (Å²) in [5.74, 6) is 0.0254. The highest BCUT2D eigenvalue weighted by Gasteiger charge is 2.37. The van der Waals surface area contributed by atoms with Gasteiger partial charge in [0.15, 0.2) is 0 Å². The summed E-state index contributed by atoms with van der Waals surface area (Å²) in [6, 6.07) is 7.18. The maximum absolute atomic E-state index is 11.9. The molecule has 1 aliphatic rings. The lowest BCUT2D eigenvalue weighted by Gasteiger charge is -2.40. The molecule has 92 valence electrons. The lowest BCUT2D eigenvalue weighted by atomic mass is 9.66. The van der Waals surface area contributed by atoms with Gasteiger partial charge in [-0.05, 0) is 43.0 Å². The zero-order valence-electron chi connectivity index (χ0n) is 9.71. The molecule has 1 aromatic carbocycles. The van der Waals surface area contributed by atoms with Crippen LogP contribution in [-0.4, -0.2) is 12.5 Å². The van der Waals surface area contributed by atoms with Crippen molar-refractivity contribution in [3.8, 4) is 0 Å². The number of carbonyl (C=O) groups excluding carboxylic acids is 1. The molecule has 0 radical (unpaired) electrons. The van der Waals surface area contributed by atoms with Crippen LogP contribution in [0.25, 0.3) is 0 Å². The average Bonchev–Trinajstić information content (AvgIpc) is 2.23. The fraction of sp³-hybridized carbons (Fsp3) is 0.462. The second-order valence-corrected chi connectivity index (χ2v) is 5.23. The molecular weight excluding hydrogens is 236 g/mol. The third-order valence-electron chi connectivity index (χ3n) is 3.49. The molecule has 0 aromatic heterocycles. The van der Waals surface area contributed by atoms with Gasteiger partial charge in [0.1, 0.15) is 0 Å². The van der Waals surface area contributed by atoms with Gasteiger partial charge >= 0.3 is 0 Å². The van der Waals surface area contributed by atoms with Crippen LogP contribution in [0.15, 0.2) is 24.3 Å². The van der Waals surface area contributed by atoms with E-state index in [1.54, 1.807) is 12.1 Å². The summed E-state index contributed by atoms with van der Waals surface area (Å²) in [4.78, 5) is 11.9. The predicted molar refractivity (Wildman–Crippen MR) is 70.0 cm³/mol. The number of anilines is 1. The van der Waals surface area contributed by atoms with Gasteiger partial charge < -0.3 is 11.1 Å². The normalized spacial score (nSPS) is 17.3. The lowest BCUT2D eigenvalue weighted by Crippen LogP contribution is -2.40. The molecule has 0 unspecified atom stereocenters. The number of benzene rings is 1. The summed E-state index contributed by atoms with van der Waals surface area (Å²) in [6.07, 6.45) is 3.82. The molecule has 1 saturated carbocycles. The van der Waals surface area contributed by atoms with Gasteiger partial charge in [-0.15, -0.1) is 0 Å². The molecule has 1 aromatic rings. The van der Waals surface area contributed by atoms with Gasteiger partial charge in [-0.1, -0.05) is 24.1 Å². The lowest BCUT2D eigenvalue weighted by molar-refractivity contribution is -0.119. The minimum Gasteiger partial charge on any atom is -0.330 e. The molecule has 0 aliphatic heterocycles. The molecule has 3 N–H and O–H groups in total. The van der Waals surface area contributed by atoms with Crippen LogP contribution >= 0.6 is 11.6 Å². The van der Waals surface area contributed by atoms with Gasteiger partial charge in [0.25, 0.3) is 0 Å². The highest BCUT2D eigenvalue weighted by Crippen LogP contribution is 2.43. The topological polar surface area (TPSA) is 55.1 Å². The van der Waals surface area contributed by atoms with Gasteiger partial charge in [-0.2, -0.15) is 0 Å². The molecule has 2 rings (SSSR count). The summed E-state index contributed by atoms with van der Waals surface area (Å²) in [5.41, 5.74) is 6.52. The number of hydrogen-bond acceptors (Lipinski definition) is 2. The van der Waals surface area contributed by atoms with Gasteiger partial charge in [-0.3, -0.25) is 4.79 Å². The number of nitrogens with one attached hydrogen (secondary N) is 1. The van der Waals surface area contributed by atoms with Gasteiger partial charge in [0.2, 0.25) is 5.91 Å². The maximum Gasteiger partial charge on any atom is 0.224 e. The van der Waals surface area contributed by atoms with E-state index in [0.29, 0.717) is 18.0 Å². The number of hydrogen-bond donors (Lipinski definition) is 2. The zero-order chi connectivity index (χ0) is 12.3. The third kappa shape index (κ3) is 2.99. The largest absolute Gasteiger partial charge is 0.330 e. The van der Waals surface area contributed by atoms with Crippen molar-refractivity contribution >= 4 is 23.2 Å². The van der Waals surface area contributed by atoms with Gasteiger partial charge in [0.05, 0.1) is 0 Å². The Morgan fingerprint density at radius 1 is 1.47 bits per heavy atom. The van der Waals surface area contributed by atoms with Crippen molar-refractivity contribution in [3.63, 3.8) is 0 Å². The first-order valence-electron chi connectivity index (χ1n) is 5.89. The summed E-state index contributed by atoms with van der Waals surface area (Å²) in [6.45, 7) is 0.593. The molecule has 1 fully saturated rings. The van der Waals surface area contributed by atoms with Crippen LogP contribution in [-0.2, 0) is 4.79 Å². The highest BCUT2D eigenvalue weighted by molar-refractivity contribution is 6.30. The summed E-state index contributed by atoms with van der Waals surface area (Å²) in [7, 11) is 0. The summed E-state index contributed by atoms with van der Waals surface area (Å²) in [5, 5.41) is 3.49. The van der Waals surface area contributed by atoms with Crippen molar-refractivity contribution in [2.24, 2.45) is 11.1 Å². The standard InChI is InChI=1S/C13H17ClN2O/c14-10-3-1-4-11(7-10)16-12(17)8-13(9-15)5-2-6-13/h1,3-4,7H,2,5-6,8-9,15H2,(H,16,17). The Kier molecular flexibility index (Phi) is 3.69. The van der Waals surface area contributed by atoms with E-state index < -0.39 is 0 Å². The number of amides is 1. The van der Waals surface area contributed by atoms with E-state index >= 15 is 0 Å². The van der Waals surface area contributed by atoms with Crippen molar-refractivity contribution in [2.75, 3.05) is 11.9 Å². The molecule has 17 heavy (non-hydrogen) atoms. The highest BCUT2D eigenvalue weighted by atomic mass is 35.5. The molecule has 0 bridgehead atoms. The van der Waals surface area contributed by atoms with E-state index in [1.165, 1.54) is 6.42 Å². The molecule has 0 heterocycles. The molecule has 3 nitrogen and oxygen atoms in total. The molecule has 0 spiro atoms. The second kappa shape index (κ2) is 5.07. The quantitative estimate of drug-likeness (QED) is 0.866. The molecule has 0 atom stereocenters. The van der Waals surface area contributed by atoms with E-state index in [4.69, 9.17) is 17.3 Å². The van der Waals surface area contributed by atoms with Crippen LogP contribution in [0.2, 0.25) is 5.02 Å². The van der Waals surface area contributed by atoms with E-state index in [1.807, 2.05) is 12.1 Å². The first-order valence-corrected chi connectivity index (χ1v) is 6.27. The van der Waals surface area contributed by atoms with Crippen molar-refractivity contribution in [1.82, 2.24) is 0 Å². The third-order valence-corrected chi connectivity index (χ3v) is 3.73. The van der Waals surface area contributed by atoms with Crippen LogP contribution in [0.3, 0.4) is 0 Å². The number of carbonyl (C=O) groups is 1. The second-order valence-electron chi connectivity index (χ2n) is 4.79. The minimum absolute atomic E-state index is 0.0254. The smallest absolute Gasteiger partial charge is 0.224 e. The van der Waals surface area contributed by atoms with Crippen molar-refractivity contribution in [3.05, 3.63) is 29.3 Å². The fourth-order valence-electron chi connectivity index (χ4n) is 2.24. The molecule has 1 aliphatic carbocycles. The Balaban J connectivity index is 1.93. The van der Waals surface area contributed by atoms with Crippen molar-refractivity contribution in [2.45, 2.75) is 25.7 Å². The van der Waals surface area contributed by atoms with Gasteiger partial charge in [-0.25, -0.2) is 0 Å². The van der Waals surface area contributed by atoms with Crippen LogP contribution in [0.1, 0.15) is 25.7 Å². The Bertz CT molecular complexity index is 410. The molecule has 0 saturated heterocycles. The summed E-state index contributed by atoms with van der Waals surface area (Å²) < 4.78 is 0. The molecule has 4 heteroatoms. The van der Waals surface area contributed by atoms with E-state index in [0.717, 1.165) is 18.5 Å². The van der Waals surface area contributed by atoms with Crippen LogP contribution in [0.4, 0.5) is 5.69 Å².